The first-order chi connectivity index (χ1) is 11.0. The molecule has 4 nitrogen and oxygen atoms in total. The SMILES string of the molecule is CCOC(=O)C(C)(C)Oc1cccc(C(O[Si](C)C)C(C)(C)C)c1. The third-order valence-electron chi connectivity index (χ3n) is 3.44. The molecular weight excluding hydrogens is 320 g/mol. The van der Waals surface area contributed by atoms with E-state index >= 15 is 0 Å². The number of rotatable bonds is 7. The Kier molecular flexibility index (Phi) is 7.05. The van der Waals surface area contributed by atoms with Crippen LogP contribution in [0.5, 0.6) is 5.75 Å². The van der Waals surface area contributed by atoms with Crippen molar-refractivity contribution in [2.24, 2.45) is 5.41 Å². The zero-order chi connectivity index (χ0) is 18.5. The van der Waals surface area contributed by atoms with E-state index in [0.717, 1.165) is 5.56 Å². The van der Waals surface area contributed by atoms with E-state index in [1.54, 1.807) is 20.8 Å². The summed E-state index contributed by atoms with van der Waals surface area (Å²) in [6.45, 7) is 16.3. The van der Waals surface area contributed by atoms with Gasteiger partial charge in [-0.2, -0.15) is 0 Å². The first kappa shape index (κ1) is 20.7. The number of ether oxygens (including phenoxy) is 2. The molecule has 0 heterocycles. The predicted octanol–water partition coefficient (Wildman–Crippen LogP) is 4.76. The van der Waals surface area contributed by atoms with Gasteiger partial charge in [0.25, 0.3) is 0 Å². The lowest BCUT2D eigenvalue weighted by Gasteiger charge is -2.33. The van der Waals surface area contributed by atoms with Gasteiger partial charge in [-0.3, -0.25) is 0 Å². The Morgan fingerprint density at radius 3 is 2.29 bits per heavy atom. The summed E-state index contributed by atoms with van der Waals surface area (Å²) in [5.41, 5.74) is -0.000127. The summed E-state index contributed by atoms with van der Waals surface area (Å²) in [6.07, 6.45) is -0.0179. The summed E-state index contributed by atoms with van der Waals surface area (Å²) in [5.74, 6) is 0.274. The molecule has 135 valence electrons. The fourth-order valence-corrected chi connectivity index (χ4v) is 3.32. The van der Waals surface area contributed by atoms with Crippen LogP contribution in [0.1, 0.15) is 53.2 Å². The van der Waals surface area contributed by atoms with E-state index in [-0.39, 0.29) is 17.5 Å². The summed E-state index contributed by atoms with van der Waals surface area (Å²) in [5, 5.41) is 0. The van der Waals surface area contributed by atoms with E-state index < -0.39 is 14.6 Å². The highest BCUT2D eigenvalue weighted by molar-refractivity contribution is 6.48. The normalized spacial score (nSPS) is 13.7. The second kappa shape index (κ2) is 8.16. The summed E-state index contributed by atoms with van der Waals surface area (Å²) in [7, 11) is -0.846. The Bertz CT molecular complexity index is 547. The molecule has 0 aliphatic rings. The molecule has 0 saturated carbocycles. The number of hydrogen-bond donors (Lipinski definition) is 0. The van der Waals surface area contributed by atoms with Crippen molar-refractivity contribution in [3.63, 3.8) is 0 Å². The van der Waals surface area contributed by atoms with Gasteiger partial charge in [0.15, 0.2) is 5.60 Å². The van der Waals surface area contributed by atoms with Crippen LogP contribution in [0, 0.1) is 5.41 Å². The molecule has 0 fully saturated rings. The van der Waals surface area contributed by atoms with Crippen molar-refractivity contribution in [1.82, 2.24) is 0 Å². The molecule has 1 unspecified atom stereocenters. The lowest BCUT2D eigenvalue weighted by atomic mass is 9.85. The summed E-state index contributed by atoms with van der Waals surface area (Å²) < 4.78 is 17.2. The highest BCUT2D eigenvalue weighted by Crippen LogP contribution is 2.38. The molecule has 0 N–H and O–H groups in total. The van der Waals surface area contributed by atoms with E-state index in [4.69, 9.17) is 13.9 Å². The van der Waals surface area contributed by atoms with E-state index in [0.29, 0.717) is 12.4 Å². The molecule has 0 amide bonds. The first-order valence-electron chi connectivity index (χ1n) is 8.40. The van der Waals surface area contributed by atoms with Crippen molar-refractivity contribution in [2.75, 3.05) is 6.61 Å². The lowest BCUT2D eigenvalue weighted by molar-refractivity contribution is -0.158. The standard InChI is InChI=1S/C19H31O4Si/c1-9-21-17(20)19(5,6)22-15-12-10-11-14(13-15)16(18(2,3)4)23-24(7)8/h10-13,16H,9H2,1-8H3. The second-order valence-electron chi connectivity index (χ2n) is 7.68. The van der Waals surface area contributed by atoms with Crippen molar-refractivity contribution >= 4 is 15.0 Å². The van der Waals surface area contributed by atoms with Gasteiger partial charge in [0.2, 0.25) is 9.04 Å². The molecule has 0 aliphatic heterocycles. The van der Waals surface area contributed by atoms with Gasteiger partial charge in [0.1, 0.15) is 5.75 Å². The van der Waals surface area contributed by atoms with Crippen molar-refractivity contribution in [2.45, 2.75) is 66.3 Å². The van der Waals surface area contributed by atoms with Gasteiger partial charge < -0.3 is 13.9 Å². The topological polar surface area (TPSA) is 44.8 Å². The number of carbonyl (C=O) groups is 1. The largest absolute Gasteiger partial charge is 0.476 e. The smallest absolute Gasteiger partial charge is 0.349 e. The van der Waals surface area contributed by atoms with Crippen LogP contribution in [0.15, 0.2) is 24.3 Å². The average molecular weight is 352 g/mol. The molecule has 1 rings (SSSR count). The van der Waals surface area contributed by atoms with Gasteiger partial charge >= 0.3 is 5.97 Å². The van der Waals surface area contributed by atoms with Gasteiger partial charge in [-0.25, -0.2) is 4.79 Å². The molecule has 1 atom stereocenters. The predicted molar refractivity (Wildman–Crippen MR) is 98.5 cm³/mol. The number of esters is 1. The number of benzene rings is 1. The second-order valence-corrected chi connectivity index (χ2v) is 9.73. The fourth-order valence-electron chi connectivity index (χ4n) is 2.36. The molecular formula is C19H31O4Si. The summed E-state index contributed by atoms with van der Waals surface area (Å²) >= 11 is 0. The van der Waals surface area contributed by atoms with Crippen LogP contribution in [0.2, 0.25) is 13.1 Å². The Hall–Kier alpha value is -1.33. The van der Waals surface area contributed by atoms with Crippen molar-refractivity contribution in [1.29, 1.82) is 0 Å². The van der Waals surface area contributed by atoms with Crippen LogP contribution in [0.4, 0.5) is 0 Å². The Balaban J connectivity index is 3.06. The molecule has 1 aromatic carbocycles. The molecule has 24 heavy (non-hydrogen) atoms. The van der Waals surface area contributed by atoms with Gasteiger partial charge in [-0.05, 0) is 57.0 Å². The van der Waals surface area contributed by atoms with E-state index in [1.165, 1.54) is 0 Å². The molecule has 1 radical (unpaired) electrons. The maximum atomic E-state index is 12.0. The molecule has 1 aromatic rings. The Morgan fingerprint density at radius 2 is 1.79 bits per heavy atom. The summed E-state index contributed by atoms with van der Waals surface area (Å²) in [6, 6.07) is 7.80. The lowest BCUT2D eigenvalue weighted by Crippen LogP contribution is -2.39. The van der Waals surface area contributed by atoms with Crippen LogP contribution in [0.25, 0.3) is 0 Å². The van der Waals surface area contributed by atoms with Crippen molar-refractivity contribution in [3.8, 4) is 5.75 Å². The minimum atomic E-state index is -1.03. The third-order valence-corrected chi connectivity index (χ3v) is 4.15. The van der Waals surface area contributed by atoms with Crippen LogP contribution in [0.3, 0.4) is 0 Å². The quantitative estimate of drug-likeness (QED) is 0.525. The zero-order valence-electron chi connectivity index (χ0n) is 16.2. The minimum absolute atomic E-state index is 0.0179. The maximum absolute atomic E-state index is 12.0. The van der Waals surface area contributed by atoms with Crippen LogP contribution >= 0.6 is 0 Å². The van der Waals surface area contributed by atoms with Gasteiger partial charge in [0, 0.05) is 0 Å². The van der Waals surface area contributed by atoms with Crippen LogP contribution in [-0.2, 0) is 14.0 Å². The maximum Gasteiger partial charge on any atom is 0.349 e. The molecule has 0 aromatic heterocycles. The van der Waals surface area contributed by atoms with Gasteiger partial charge in [0.05, 0.1) is 12.7 Å². The Morgan fingerprint density at radius 1 is 1.17 bits per heavy atom. The van der Waals surface area contributed by atoms with Crippen molar-refractivity contribution < 1.29 is 18.7 Å². The minimum Gasteiger partial charge on any atom is -0.476 e. The Labute approximate surface area is 148 Å². The molecule has 0 aliphatic carbocycles. The highest BCUT2D eigenvalue weighted by atomic mass is 28.3. The fraction of sp³-hybridized carbons (Fsp3) is 0.632. The summed E-state index contributed by atoms with van der Waals surface area (Å²) in [4.78, 5) is 12.0. The third kappa shape index (κ3) is 5.95. The number of hydrogen-bond acceptors (Lipinski definition) is 4. The van der Waals surface area contributed by atoms with Crippen LogP contribution in [-0.4, -0.2) is 27.2 Å². The number of carbonyl (C=O) groups excluding carboxylic acids is 1. The van der Waals surface area contributed by atoms with E-state index in [1.807, 2.05) is 24.3 Å². The van der Waals surface area contributed by atoms with Gasteiger partial charge in [-0.15, -0.1) is 0 Å². The molecule has 0 spiro atoms. The monoisotopic (exact) mass is 351 g/mol. The highest BCUT2D eigenvalue weighted by Gasteiger charge is 2.33. The molecule has 5 heteroatoms. The first-order valence-corrected chi connectivity index (χ1v) is 10.8. The molecule has 0 bridgehead atoms. The van der Waals surface area contributed by atoms with E-state index in [2.05, 4.69) is 33.9 Å². The van der Waals surface area contributed by atoms with Crippen LogP contribution < -0.4 is 4.74 Å². The van der Waals surface area contributed by atoms with Gasteiger partial charge in [-0.1, -0.05) is 32.9 Å². The zero-order valence-corrected chi connectivity index (χ0v) is 17.2. The molecule has 0 saturated heterocycles. The van der Waals surface area contributed by atoms with Crippen molar-refractivity contribution in [3.05, 3.63) is 29.8 Å². The van der Waals surface area contributed by atoms with E-state index in [9.17, 15) is 4.79 Å². The average Bonchev–Trinajstić information content (AvgIpc) is 2.43.